The maximum atomic E-state index is 11.0. The minimum absolute atomic E-state index is 0.199. The summed E-state index contributed by atoms with van der Waals surface area (Å²) in [7, 11) is 4.04. The number of aromatic amines is 1. The number of nitrogens with one attached hydrogen (secondary N) is 2. The number of aromatic nitrogens is 2. The highest BCUT2D eigenvalue weighted by molar-refractivity contribution is 5.86. The average molecular weight is 385 g/mol. The number of phenols is 1. The molecule has 0 fully saturated rings. The number of rotatable bonds is 5. The first kappa shape index (κ1) is 18.7. The molecule has 0 aliphatic carbocycles. The lowest BCUT2D eigenvalue weighted by Crippen LogP contribution is -2.19. The van der Waals surface area contributed by atoms with Crippen molar-refractivity contribution in [3.8, 4) is 5.75 Å². The van der Waals surface area contributed by atoms with Crippen LogP contribution in [0, 0.1) is 6.92 Å². The van der Waals surface area contributed by atoms with Crippen LogP contribution < -0.4 is 15.2 Å². The van der Waals surface area contributed by atoms with Gasteiger partial charge in [0.05, 0.1) is 6.20 Å². The van der Waals surface area contributed by atoms with Crippen molar-refractivity contribution in [2.75, 3.05) is 24.3 Å². The van der Waals surface area contributed by atoms with Gasteiger partial charge in [-0.15, -0.1) is 0 Å². The van der Waals surface area contributed by atoms with E-state index in [0.29, 0.717) is 5.52 Å². The number of phenolic OH excluding ortho intramolecular Hbond substituents is 1. The van der Waals surface area contributed by atoms with Crippen molar-refractivity contribution >= 4 is 22.4 Å². The van der Waals surface area contributed by atoms with Gasteiger partial charge in [0.2, 0.25) is 0 Å². The number of hydrogen-bond donors (Lipinski definition) is 2. The van der Waals surface area contributed by atoms with Crippen LogP contribution in [0.15, 0.2) is 73.1 Å². The zero-order valence-electron chi connectivity index (χ0n) is 16.8. The van der Waals surface area contributed by atoms with Crippen molar-refractivity contribution in [2.45, 2.75) is 13.0 Å². The van der Waals surface area contributed by atoms with Crippen molar-refractivity contribution in [3.05, 3.63) is 89.7 Å². The van der Waals surface area contributed by atoms with Crippen LogP contribution in [0.1, 0.15) is 22.7 Å². The molecule has 4 aromatic rings. The Labute approximate surface area is 170 Å². The zero-order chi connectivity index (χ0) is 20.4. The summed E-state index contributed by atoms with van der Waals surface area (Å²) < 4.78 is 0. The van der Waals surface area contributed by atoms with Gasteiger partial charge in [0, 0.05) is 48.6 Å². The van der Waals surface area contributed by atoms with E-state index in [1.54, 1.807) is 6.20 Å². The third-order valence-electron chi connectivity index (χ3n) is 5.09. The quantitative estimate of drug-likeness (QED) is 0.537. The van der Waals surface area contributed by atoms with Crippen LogP contribution in [0.3, 0.4) is 0 Å². The number of H-pyrrole nitrogens is 1. The van der Waals surface area contributed by atoms with Gasteiger partial charge in [-0.2, -0.15) is 0 Å². The number of aromatic hydroxyl groups is 1. The molecule has 5 nitrogen and oxygen atoms in total. The van der Waals surface area contributed by atoms with Gasteiger partial charge in [-0.05, 0) is 42.8 Å². The van der Waals surface area contributed by atoms with Crippen molar-refractivity contribution in [1.82, 2.24) is 4.98 Å². The van der Waals surface area contributed by atoms with Crippen LogP contribution in [0.4, 0.5) is 11.5 Å². The predicted octanol–water partition coefficient (Wildman–Crippen LogP) is 4.33. The first-order valence-electron chi connectivity index (χ1n) is 9.61. The van der Waals surface area contributed by atoms with E-state index in [1.807, 2.05) is 50.6 Å². The number of hydrogen-bond acceptors (Lipinski definition) is 4. The monoisotopic (exact) mass is 385 g/mol. The first-order chi connectivity index (χ1) is 14.0. The molecule has 0 bridgehead atoms. The summed E-state index contributed by atoms with van der Waals surface area (Å²) in [5.41, 5.74) is 4.71. The molecule has 3 N–H and O–H groups in total. The average Bonchev–Trinajstić information content (AvgIpc) is 2.73. The largest absolute Gasteiger partial charge is 0.505 e. The second-order valence-corrected chi connectivity index (χ2v) is 7.42. The van der Waals surface area contributed by atoms with Gasteiger partial charge in [-0.1, -0.05) is 24.3 Å². The Balaban J connectivity index is 1.82. The van der Waals surface area contributed by atoms with Gasteiger partial charge < -0.3 is 10.0 Å². The summed E-state index contributed by atoms with van der Waals surface area (Å²) in [6.07, 6.45) is 3.61. The van der Waals surface area contributed by atoms with E-state index >= 15 is 0 Å². The van der Waals surface area contributed by atoms with Crippen LogP contribution in [-0.4, -0.2) is 24.2 Å². The summed E-state index contributed by atoms with van der Waals surface area (Å²) in [5.74, 6) is 1.08. The molecular formula is C24H25N4O+. The number of pyridine rings is 2. The molecule has 4 rings (SSSR count). The molecule has 146 valence electrons. The molecule has 1 atom stereocenters. The second-order valence-electron chi connectivity index (χ2n) is 7.42. The molecule has 0 aliphatic heterocycles. The Kier molecular flexibility index (Phi) is 5.04. The van der Waals surface area contributed by atoms with Gasteiger partial charge in [-0.3, -0.25) is 10.3 Å². The maximum Gasteiger partial charge on any atom is 0.273 e. The Bertz CT molecular complexity index is 1140. The van der Waals surface area contributed by atoms with E-state index in [2.05, 4.69) is 57.4 Å². The first-order valence-corrected chi connectivity index (χ1v) is 9.61. The van der Waals surface area contributed by atoms with Crippen molar-refractivity contribution < 1.29 is 10.1 Å². The SMILES string of the molecule is Cc1cc[nH+]c(N[C@@H](c2ccc(N(C)C)cc2)c2ccc3cccnc3c2O)c1. The topological polar surface area (TPSA) is 62.5 Å². The molecule has 0 aliphatic rings. The summed E-state index contributed by atoms with van der Waals surface area (Å²) in [4.78, 5) is 9.70. The normalized spacial score (nSPS) is 12.0. The highest BCUT2D eigenvalue weighted by Crippen LogP contribution is 2.36. The Morgan fingerprint density at radius 3 is 2.55 bits per heavy atom. The number of anilines is 2. The molecule has 2 heterocycles. The zero-order valence-corrected chi connectivity index (χ0v) is 16.8. The van der Waals surface area contributed by atoms with E-state index in [-0.39, 0.29) is 11.8 Å². The van der Waals surface area contributed by atoms with Crippen LogP contribution in [0.2, 0.25) is 0 Å². The molecular weight excluding hydrogens is 360 g/mol. The predicted molar refractivity (Wildman–Crippen MR) is 117 cm³/mol. The third kappa shape index (κ3) is 3.85. The number of aryl methyl sites for hydroxylation is 1. The minimum atomic E-state index is -0.240. The molecule has 2 aromatic carbocycles. The molecule has 0 radical (unpaired) electrons. The third-order valence-corrected chi connectivity index (χ3v) is 5.09. The van der Waals surface area contributed by atoms with Crippen LogP contribution >= 0.6 is 0 Å². The van der Waals surface area contributed by atoms with E-state index in [1.165, 1.54) is 0 Å². The van der Waals surface area contributed by atoms with E-state index in [4.69, 9.17) is 0 Å². The summed E-state index contributed by atoms with van der Waals surface area (Å²) in [6, 6.07) is 20.0. The molecule has 29 heavy (non-hydrogen) atoms. The number of fused-ring (bicyclic) bond motifs is 1. The molecule has 0 amide bonds. The van der Waals surface area contributed by atoms with Crippen LogP contribution in [0.25, 0.3) is 10.9 Å². The summed E-state index contributed by atoms with van der Waals surface area (Å²) in [5, 5.41) is 15.5. The van der Waals surface area contributed by atoms with Gasteiger partial charge >= 0.3 is 0 Å². The van der Waals surface area contributed by atoms with Crippen molar-refractivity contribution in [3.63, 3.8) is 0 Å². The summed E-state index contributed by atoms with van der Waals surface area (Å²) >= 11 is 0. The van der Waals surface area contributed by atoms with Gasteiger partial charge in [0.15, 0.2) is 0 Å². The second kappa shape index (κ2) is 7.80. The maximum absolute atomic E-state index is 11.0. The molecule has 5 heteroatoms. The van der Waals surface area contributed by atoms with Gasteiger partial charge in [0.1, 0.15) is 17.3 Å². The minimum Gasteiger partial charge on any atom is -0.505 e. The Morgan fingerprint density at radius 1 is 1.03 bits per heavy atom. The Hall–Kier alpha value is -3.60. The lowest BCUT2D eigenvalue weighted by atomic mass is 9.96. The smallest absolute Gasteiger partial charge is 0.273 e. The molecule has 0 saturated carbocycles. The van der Waals surface area contributed by atoms with E-state index in [0.717, 1.165) is 33.6 Å². The van der Waals surface area contributed by atoms with E-state index in [9.17, 15) is 5.11 Å². The van der Waals surface area contributed by atoms with Crippen molar-refractivity contribution in [2.24, 2.45) is 0 Å². The fourth-order valence-corrected chi connectivity index (χ4v) is 3.50. The fraction of sp³-hybridized carbons (Fsp3) is 0.167. The standard InChI is InChI=1S/C24H24N4O/c1-16-12-14-25-21(15-16)27-22(18-6-9-19(10-7-18)28(2)3)20-11-8-17-5-4-13-26-23(17)24(20)29/h4-15,22,29H,1-3H3,(H,25,27)/p+1/t22-/m0/s1. The fourth-order valence-electron chi connectivity index (χ4n) is 3.50. The summed E-state index contributed by atoms with van der Waals surface area (Å²) in [6.45, 7) is 2.05. The Morgan fingerprint density at radius 2 is 1.83 bits per heavy atom. The highest BCUT2D eigenvalue weighted by Gasteiger charge is 2.24. The number of benzene rings is 2. The van der Waals surface area contributed by atoms with Crippen LogP contribution in [0.5, 0.6) is 5.75 Å². The molecule has 0 spiro atoms. The molecule has 0 saturated heterocycles. The van der Waals surface area contributed by atoms with Crippen LogP contribution in [-0.2, 0) is 0 Å². The van der Waals surface area contributed by atoms with Gasteiger partial charge in [0.25, 0.3) is 5.82 Å². The number of nitrogens with zero attached hydrogens (tertiary/aromatic N) is 2. The van der Waals surface area contributed by atoms with Gasteiger partial charge in [-0.25, -0.2) is 4.98 Å². The lowest BCUT2D eigenvalue weighted by molar-refractivity contribution is -0.361. The molecule has 2 aromatic heterocycles. The van der Waals surface area contributed by atoms with Crippen molar-refractivity contribution in [1.29, 1.82) is 0 Å². The molecule has 0 unspecified atom stereocenters. The van der Waals surface area contributed by atoms with E-state index < -0.39 is 0 Å². The highest BCUT2D eigenvalue weighted by atomic mass is 16.3. The lowest BCUT2D eigenvalue weighted by Gasteiger charge is -2.19.